The number of aromatic amines is 1. The molecular formula is C12H21N3O2. The first-order chi connectivity index (χ1) is 8.00. The number of nitrogens with zero attached hydrogens (tertiary/aromatic N) is 1. The van der Waals surface area contributed by atoms with Crippen molar-refractivity contribution in [3.63, 3.8) is 0 Å². The Morgan fingerprint density at radius 2 is 2.29 bits per heavy atom. The van der Waals surface area contributed by atoms with Crippen molar-refractivity contribution in [3.8, 4) is 0 Å². The van der Waals surface area contributed by atoms with Crippen LogP contribution in [0.4, 0.5) is 0 Å². The van der Waals surface area contributed by atoms with Gasteiger partial charge in [-0.15, -0.1) is 0 Å². The highest BCUT2D eigenvalue weighted by molar-refractivity contribution is 5.70. The molecule has 0 amide bonds. The first kappa shape index (κ1) is 13.7. The van der Waals surface area contributed by atoms with E-state index < -0.39 is 5.97 Å². The summed E-state index contributed by atoms with van der Waals surface area (Å²) in [7, 11) is 0. The molecule has 0 aliphatic carbocycles. The summed E-state index contributed by atoms with van der Waals surface area (Å²) in [6, 6.07) is 0. The maximum absolute atomic E-state index is 11.0. The van der Waals surface area contributed by atoms with Gasteiger partial charge in [-0.05, 0) is 19.3 Å². The Morgan fingerprint density at radius 1 is 1.59 bits per heavy atom. The van der Waals surface area contributed by atoms with Gasteiger partial charge in [-0.3, -0.25) is 9.89 Å². The molecule has 0 fully saturated rings. The van der Waals surface area contributed by atoms with Crippen molar-refractivity contribution < 1.29 is 9.90 Å². The number of hydrogen-bond donors (Lipinski definition) is 3. The van der Waals surface area contributed by atoms with Gasteiger partial charge in [0.2, 0.25) is 0 Å². The van der Waals surface area contributed by atoms with Crippen molar-refractivity contribution in [2.75, 3.05) is 6.54 Å². The number of carbonyl (C=O) groups is 1. The molecule has 0 aromatic carbocycles. The van der Waals surface area contributed by atoms with Crippen molar-refractivity contribution in [1.82, 2.24) is 15.5 Å². The summed E-state index contributed by atoms with van der Waals surface area (Å²) in [5.74, 6) is -0.647. The van der Waals surface area contributed by atoms with E-state index in [1.807, 2.05) is 20.8 Å². The molecule has 0 saturated heterocycles. The molecule has 0 aliphatic rings. The number of aromatic nitrogens is 2. The van der Waals surface area contributed by atoms with Gasteiger partial charge in [-0.2, -0.15) is 5.10 Å². The summed E-state index contributed by atoms with van der Waals surface area (Å²) in [6.45, 7) is 7.18. The van der Waals surface area contributed by atoms with Crippen LogP contribution in [0, 0.1) is 18.8 Å². The molecule has 0 spiro atoms. The van der Waals surface area contributed by atoms with Crippen LogP contribution >= 0.6 is 0 Å². The third-order valence-corrected chi connectivity index (χ3v) is 2.75. The summed E-state index contributed by atoms with van der Waals surface area (Å²) in [6.07, 6.45) is 2.47. The molecule has 0 saturated carbocycles. The van der Waals surface area contributed by atoms with E-state index in [2.05, 4.69) is 15.5 Å². The van der Waals surface area contributed by atoms with E-state index in [0.717, 1.165) is 11.3 Å². The van der Waals surface area contributed by atoms with Crippen molar-refractivity contribution in [2.24, 2.45) is 11.8 Å². The number of carboxylic acids is 1. The predicted octanol–water partition coefficient (Wildman–Crippen LogP) is 1.55. The molecule has 96 valence electrons. The van der Waals surface area contributed by atoms with Crippen molar-refractivity contribution in [3.05, 3.63) is 17.5 Å². The number of hydrogen-bond acceptors (Lipinski definition) is 3. The molecule has 0 aliphatic heterocycles. The maximum Gasteiger partial charge on any atom is 0.307 e. The lowest BCUT2D eigenvalue weighted by Gasteiger charge is -2.15. The molecule has 5 nitrogen and oxygen atoms in total. The fourth-order valence-corrected chi connectivity index (χ4v) is 1.78. The summed E-state index contributed by atoms with van der Waals surface area (Å²) in [5, 5.41) is 19.0. The van der Waals surface area contributed by atoms with Gasteiger partial charge < -0.3 is 10.4 Å². The Balaban J connectivity index is 2.37. The molecule has 0 bridgehead atoms. The van der Waals surface area contributed by atoms with Crippen LogP contribution in [0.1, 0.15) is 31.5 Å². The van der Waals surface area contributed by atoms with Crippen LogP contribution in [0.15, 0.2) is 6.20 Å². The van der Waals surface area contributed by atoms with Gasteiger partial charge in [0.25, 0.3) is 0 Å². The standard InChI is InChI=1S/C12H21N3O2/c1-8(2)4-10(12(16)17)5-13-6-11-7-14-15-9(11)3/h7-8,10,13H,4-6H2,1-3H3,(H,14,15)(H,16,17). The van der Waals surface area contributed by atoms with Gasteiger partial charge in [0.05, 0.1) is 12.1 Å². The van der Waals surface area contributed by atoms with E-state index in [-0.39, 0.29) is 5.92 Å². The minimum absolute atomic E-state index is 0.317. The molecule has 17 heavy (non-hydrogen) atoms. The second-order valence-corrected chi connectivity index (χ2v) is 4.82. The highest BCUT2D eigenvalue weighted by Crippen LogP contribution is 2.11. The van der Waals surface area contributed by atoms with Crippen LogP contribution in [0.3, 0.4) is 0 Å². The Labute approximate surface area is 102 Å². The fraction of sp³-hybridized carbons (Fsp3) is 0.667. The third-order valence-electron chi connectivity index (χ3n) is 2.75. The summed E-state index contributed by atoms with van der Waals surface area (Å²) >= 11 is 0. The lowest BCUT2D eigenvalue weighted by molar-refractivity contribution is -0.142. The van der Waals surface area contributed by atoms with E-state index in [1.165, 1.54) is 0 Å². The zero-order valence-electron chi connectivity index (χ0n) is 10.7. The topological polar surface area (TPSA) is 78.0 Å². The smallest absolute Gasteiger partial charge is 0.307 e. The molecule has 3 N–H and O–H groups in total. The van der Waals surface area contributed by atoms with Crippen molar-refractivity contribution >= 4 is 5.97 Å². The minimum Gasteiger partial charge on any atom is -0.481 e. The highest BCUT2D eigenvalue weighted by Gasteiger charge is 2.18. The lowest BCUT2D eigenvalue weighted by atomic mass is 9.97. The number of H-pyrrole nitrogens is 1. The maximum atomic E-state index is 11.0. The van der Waals surface area contributed by atoms with Gasteiger partial charge in [-0.1, -0.05) is 13.8 Å². The van der Waals surface area contributed by atoms with E-state index >= 15 is 0 Å². The van der Waals surface area contributed by atoms with Crippen LogP contribution in [0.25, 0.3) is 0 Å². The summed E-state index contributed by atoms with van der Waals surface area (Å²) in [5.41, 5.74) is 2.10. The average molecular weight is 239 g/mol. The van der Waals surface area contributed by atoms with Gasteiger partial charge in [0.1, 0.15) is 0 Å². The normalized spacial score (nSPS) is 12.9. The fourth-order valence-electron chi connectivity index (χ4n) is 1.78. The second kappa shape index (κ2) is 6.39. The second-order valence-electron chi connectivity index (χ2n) is 4.82. The zero-order valence-corrected chi connectivity index (χ0v) is 10.7. The van der Waals surface area contributed by atoms with E-state index in [1.54, 1.807) is 6.20 Å². The van der Waals surface area contributed by atoms with Gasteiger partial charge in [-0.25, -0.2) is 0 Å². The largest absolute Gasteiger partial charge is 0.481 e. The first-order valence-electron chi connectivity index (χ1n) is 5.93. The van der Waals surface area contributed by atoms with E-state index in [0.29, 0.717) is 25.4 Å². The third kappa shape index (κ3) is 4.56. The molecule has 1 heterocycles. The molecule has 1 aromatic rings. The molecule has 1 rings (SSSR count). The van der Waals surface area contributed by atoms with E-state index in [9.17, 15) is 4.79 Å². The zero-order chi connectivity index (χ0) is 12.8. The Kier molecular flexibility index (Phi) is 5.15. The summed E-state index contributed by atoms with van der Waals surface area (Å²) < 4.78 is 0. The van der Waals surface area contributed by atoms with Gasteiger partial charge in [0, 0.05) is 24.3 Å². The minimum atomic E-state index is -0.727. The number of nitrogens with one attached hydrogen (secondary N) is 2. The van der Waals surface area contributed by atoms with Gasteiger partial charge >= 0.3 is 5.97 Å². The van der Waals surface area contributed by atoms with Crippen LogP contribution in [-0.4, -0.2) is 27.8 Å². The molecule has 5 heteroatoms. The van der Waals surface area contributed by atoms with Crippen LogP contribution in [0.5, 0.6) is 0 Å². The summed E-state index contributed by atoms with van der Waals surface area (Å²) in [4.78, 5) is 11.0. The van der Waals surface area contributed by atoms with Gasteiger partial charge in [0.15, 0.2) is 0 Å². The SMILES string of the molecule is Cc1[nH]ncc1CNCC(CC(C)C)C(=O)O. The molecule has 1 atom stereocenters. The number of aryl methyl sites for hydroxylation is 1. The molecule has 0 radical (unpaired) electrons. The Morgan fingerprint density at radius 3 is 2.76 bits per heavy atom. The van der Waals surface area contributed by atoms with Crippen LogP contribution in [0.2, 0.25) is 0 Å². The molecular weight excluding hydrogens is 218 g/mol. The highest BCUT2D eigenvalue weighted by atomic mass is 16.4. The monoisotopic (exact) mass is 239 g/mol. The average Bonchev–Trinajstić information content (AvgIpc) is 2.62. The number of rotatable bonds is 7. The number of aliphatic carboxylic acids is 1. The predicted molar refractivity (Wildman–Crippen MR) is 65.6 cm³/mol. The van der Waals surface area contributed by atoms with E-state index in [4.69, 9.17) is 5.11 Å². The Bertz CT molecular complexity index is 360. The van der Waals surface area contributed by atoms with Crippen LogP contribution < -0.4 is 5.32 Å². The number of carboxylic acid groups (broad SMARTS) is 1. The quantitative estimate of drug-likeness (QED) is 0.674. The van der Waals surface area contributed by atoms with Crippen molar-refractivity contribution in [1.29, 1.82) is 0 Å². The van der Waals surface area contributed by atoms with Crippen LogP contribution in [-0.2, 0) is 11.3 Å². The molecule has 1 unspecified atom stereocenters. The molecule has 1 aromatic heterocycles. The first-order valence-corrected chi connectivity index (χ1v) is 5.93. The Hall–Kier alpha value is -1.36. The lowest BCUT2D eigenvalue weighted by Crippen LogP contribution is -2.29. The van der Waals surface area contributed by atoms with Crippen molar-refractivity contribution in [2.45, 2.75) is 33.7 Å².